The van der Waals surface area contributed by atoms with Crippen LogP contribution in [0.15, 0.2) is 5.16 Å². The molecule has 0 aromatic heterocycles. The number of primary amides is 1. The lowest BCUT2D eigenvalue weighted by molar-refractivity contribution is -0.122. The fraction of sp³-hybridized carbons (Fsp3) is 0.750. The zero-order valence-corrected chi connectivity index (χ0v) is 8.61. The molecule has 0 saturated heterocycles. The predicted octanol–water partition coefficient (Wildman–Crippen LogP) is -1.40. The van der Waals surface area contributed by atoms with E-state index in [1.54, 1.807) is 0 Å². The molecule has 0 aromatic rings. The molecule has 1 amide bonds. The molecular weight excluding hydrogens is 200 g/mol. The van der Waals surface area contributed by atoms with Crippen molar-refractivity contribution >= 4 is 11.7 Å². The summed E-state index contributed by atoms with van der Waals surface area (Å²) in [6, 6.07) is 0. The van der Waals surface area contributed by atoms with Gasteiger partial charge in [0.1, 0.15) is 12.4 Å². The fourth-order valence-corrected chi connectivity index (χ4v) is 0.887. The molecule has 7 heteroatoms. The van der Waals surface area contributed by atoms with Gasteiger partial charge in [0.15, 0.2) is 0 Å². The molecule has 0 aliphatic rings. The summed E-state index contributed by atoms with van der Waals surface area (Å²) in [7, 11) is 0. The van der Waals surface area contributed by atoms with Gasteiger partial charge in [-0.25, -0.2) is 0 Å². The third-order valence-corrected chi connectivity index (χ3v) is 1.58. The molecule has 88 valence electrons. The number of nitrogens with zero attached hydrogens (tertiary/aromatic N) is 1. The van der Waals surface area contributed by atoms with E-state index in [1.165, 1.54) is 0 Å². The van der Waals surface area contributed by atoms with Crippen molar-refractivity contribution in [2.24, 2.45) is 16.6 Å². The highest BCUT2D eigenvalue weighted by Crippen LogP contribution is 1.86. The van der Waals surface area contributed by atoms with E-state index in [0.717, 1.165) is 13.0 Å². The summed E-state index contributed by atoms with van der Waals surface area (Å²) >= 11 is 0. The Labute approximate surface area is 88.4 Å². The second-order valence-electron chi connectivity index (χ2n) is 2.96. The Morgan fingerprint density at radius 2 is 2.13 bits per heavy atom. The first-order chi connectivity index (χ1) is 7.16. The molecule has 0 aliphatic carbocycles. The van der Waals surface area contributed by atoms with Crippen molar-refractivity contribution in [2.75, 3.05) is 26.3 Å². The van der Waals surface area contributed by atoms with Crippen molar-refractivity contribution in [3.8, 4) is 0 Å². The molecule has 0 aliphatic heterocycles. The Kier molecular flexibility index (Phi) is 8.40. The summed E-state index contributed by atoms with van der Waals surface area (Å²) in [4.78, 5) is 10.3. The zero-order valence-electron chi connectivity index (χ0n) is 8.61. The number of nitrogens with two attached hydrogens (primary N) is 2. The van der Waals surface area contributed by atoms with Crippen molar-refractivity contribution in [3.05, 3.63) is 0 Å². The van der Waals surface area contributed by atoms with Crippen LogP contribution in [0.5, 0.6) is 0 Å². The maximum Gasteiger partial charge on any atom is 0.243 e. The molecule has 0 saturated carbocycles. The molecule has 7 nitrogen and oxygen atoms in total. The summed E-state index contributed by atoms with van der Waals surface area (Å²) in [5.41, 5.74) is 10.1. The maximum atomic E-state index is 10.3. The van der Waals surface area contributed by atoms with Crippen molar-refractivity contribution in [1.82, 2.24) is 5.32 Å². The van der Waals surface area contributed by atoms with Gasteiger partial charge < -0.3 is 26.7 Å². The van der Waals surface area contributed by atoms with E-state index in [0.29, 0.717) is 19.6 Å². The van der Waals surface area contributed by atoms with Crippen LogP contribution in [0.1, 0.15) is 12.8 Å². The second kappa shape index (κ2) is 9.22. The second-order valence-corrected chi connectivity index (χ2v) is 2.96. The molecule has 0 radical (unpaired) electrons. The number of amidine groups is 1. The smallest absolute Gasteiger partial charge is 0.243 e. The topological polar surface area (TPSA) is 123 Å². The Bertz CT molecular complexity index is 208. The van der Waals surface area contributed by atoms with Gasteiger partial charge in [-0.1, -0.05) is 5.16 Å². The minimum absolute atomic E-state index is 0.0498. The number of hydrogen-bond donors (Lipinski definition) is 4. The molecule has 0 heterocycles. The minimum atomic E-state index is -0.470. The van der Waals surface area contributed by atoms with Crippen LogP contribution in [0.2, 0.25) is 0 Å². The number of amides is 1. The van der Waals surface area contributed by atoms with Gasteiger partial charge in [-0.05, 0) is 13.0 Å². The molecule has 0 bridgehead atoms. The number of nitrogens with one attached hydrogen (secondary N) is 1. The van der Waals surface area contributed by atoms with Gasteiger partial charge in [0, 0.05) is 13.0 Å². The Morgan fingerprint density at radius 3 is 2.73 bits per heavy atom. The van der Waals surface area contributed by atoms with Crippen LogP contribution < -0.4 is 16.8 Å². The Balaban J connectivity index is 3.08. The molecule has 0 fully saturated rings. The van der Waals surface area contributed by atoms with Crippen LogP contribution >= 0.6 is 0 Å². The molecule has 0 unspecified atom stereocenters. The number of carbonyl (C=O) groups excluding carboxylic acids is 1. The number of carbonyl (C=O) groups is 1. The molecular formula is C8H18N4O3. The standard InChI is InChI=1S/C8H18N4O3/c9-7(12-14)2-1-3-11-4-5-15-6-8(10)13/h11,14H,1-6H2,(H2,9,12)(H2,10,13). The van der Waals surface area contributed by atoms with E-state index < -0.39 is 5.91 Å². The Morgan fingerprint density at radius 1 is 1.40 bits per heavy atom. The van der Waals surface area contributed by atoms with Crippen molar-refractivity contribution in [1.29, 1.82) is 0 Å². The van der Waals surface area contributed by atoms with Crippen LogP contribution in [0.4, 0.5) is 0 Å². The van der Waals surface area contributed by atoms with Gasteiger partial charge >= 0.3 is 0 Å². The van der Waals surface area contributed by atoms with Crippen LogP contribution in [-0.4, -0.2) is 43.3 Å². The normalized spacial score (nSPS) is 11.6. The lowest BCUT2D eigenvalue weighted by Gasteiger charge is -2.04. The monoisotopic (exact) mass is 218 g/mol. The number of oxime groups is 1. The average molecular weight is 218 g/mol. The average Bonchev–Trinajstić information content (AvgIpc) is 2.21. The molecule has 0 aromatic carbocycles. The van der Waals surface area contributed by atoms with E-state index in [-0.39, 0.29) is 12.4 Å². The van der Waals surface area contributed by atoms with Crippen LogP contribution in [0, 0.1) is 0 Å². The first-order valence-electron chi connectivity index (χ1n) is 4.70. The minimum Gasteiger partial charge on any atom is -0.409 e. The quantitative estimate of drug-likeness (QED) is 0.125. The van der Waals surface area contributed by atoms with Gasteiger partial charge in [0.2, 0.25) is 5.91 Å². The summed E-state index contributed by atoms with van der Waals surface area (Å²) in [6.45, 7) is 1.78. The lowest BCUT2D eigenvalue weighted by atomic mass is 10.3. The van der Waals surface area contributed by atoms with E-state index >= 15 is 0 Å². The highest BCUT2D eigenvalue weighted by molar-refractivity contribution is 5.79. The predicted molar refractivity (Wildman–Crippen MR) is 55.5 cm³/mol. The SMILES string of the molecule is NC(=O)COCCNCCCC(N)=NO. The third kappa shape index (κ3) is 10.6. The largest absolute Gasteiger partial charge is 0.409 e. The zero-order chi connectivity index (χ0) is 11.5. The first kappa shape index (κ1) is 13.7. The highest BCUT2D eigenvalue weighted by Gasteiger charge is 1.95. The van der Waals surface area contributed by atoms with Gasteiger partial charge in [-0.15, -0.1) is 0 Å². The molecule has 15 heavy (non-hydrogen) atoms. The van der Waals surface area contributed by atoms with Crippen LogP contribution in [-0.2, 0) is 9.53 Å². The maximum absolute atomic E-state index is 10.3. The highest BCUT2D eigenvalue weighted by atomic mass is 16.5. The van der Waals surface area contributed by atoms with E-state index in [2.05, 4.69) is 10.5 Å². The number of rotatable bonds is 9. The van der Waals surface area contributed by atoms with Gasteiger partial charge in [0.05, 0.1) is 6.61 Å². The first-order valence-corrected chi connectivity index (χ1v) is 4.70. The van der Waals surface area contributed by atoms with Crippen molar-refractivity contribution in [3.63, 3.8) is 0 Å². The van der Waals surface area contributed by atoms with E-state index in [1.807, 2.05) is 0 Å². The van der Waals surface area contributed by atoms with E-state index in [9.17, 15) is 4.79 Å². The summed E-state index contributed by atoms with van der Waals surface area (Å²) in [6.07, 6.45) is 1.33. The molecule has 6 N–H and O–H groups in total. The van der Waals surface area contributed by atoms with Crippen molar-refractivity contribution in [2.45, 2.75) is 12.8 Å². The summed E-state index contributed by atoms with van der Waals surface area (Å²) in [5, 5.41) is 14.2. The summed E-state index contributed by atoms with van der Waals surface area (Å²) in [5.74, 6) is -0.247. The molecule has 0 spiro atoms. The van der Waals surface area contributed by atoms with Gasteiger partial charge in [0.25, 0.3) is 0 Å². The molecule has 0 atom stereocenters. The lowest BCUT2D eigenvalue weighted by Crippen LogP contribution is -2.25. The van der Waals surface area contributed by atoms with Crippen LogP contribution in [0.25, 0.3) is 0 Å². The molecule has 0 rings (SSSR count). The van der Waals surface area contributed by atoms with Crippen molar-refractivity contribution < 1.29 is 14.7 Å². The Hall–Kier alpha value is -1.34. The van der Waals surface area contributed by atoms with E-state index in [4.69, 9.17) is 21.4 Å². The number of ether oxygens (including phenoxy) is 1. The third-order valence-electron chi connectivity index (χ3n) is 1.58. The van der Waals surface area contributed by atoms with Crippen LogP contribution in [0.3, 0.4) is 0 Å². The summed E-state index contributed by atoms with van der Waals surface area (Å²) < 4.78 is 4.92. The van der Waals surface area contributed by atoms with Gasteiger partial charge in [-0.3, -0.25) is 4.79 Å². The fourth-order valence-electron chi connectivity index (χ4n) is 0.887. The number of hydrogen-bond acceptors (Lipinski definition) is 5. The van der Waals surface area contributed by atoms with Gasteiger partial charge in [-0.2, -0.15) is 0 Å².